The summed E-state index contributed by atoms with van der Waals surface area (Å²) >= 11 is 0. The number of nitrogens with zero attached hydrogens (tertiary/aromatic N) is 3. The normalized spacial score (nSPS) is 17.7. The van der Waals surface area contributed by atoms with Crippen LogP contribution in [0.5, 0.6) is 0 Å². The lowest BCUT2D eigenvalue weighted by Crippen LogP contribution is -2.37. The van der Waals surface area contributed by atoms with E-state index in [1.54, 1.807) is 6.07 Å². The fourth-order valence-electron chi connectivity index (χ4n) is 2.58. The van der Waals surface area contributed by atoms with Crippen LogP contribution in [-0.2, 0) is 0 Å². The number of likely N-dealkylation sites (N-methyl/N-ethyl adjacent to an activating group) is 1. The van der Waals surface area contributed by atoms with Crippen LogP contribution < -0.4 is 10.2 Å². The first-order valence-electron chi connectivity index (χ1n) is 6.82. The minimum atomic E-state index is -0.388. The smallest absolute Gasteiger partial charge is 0.292 e. The lowest BCUT2D eigenvalue weighted by molar-refractivity contribution is -0.384. The van der Waals surface area contributed by atoms with Gasteiger partial charge in [-0.25, -0.2) is 0 Å². The Kier molecular flexibility index (Phi) is 4.53. The predicted octanol–water partition coefficient (Wildman–Crippen LogP) is 2.04. The average Bonchev–Trinajstić information content (AvgIpc) is 2.97. The molecule has 1 atom stereocenters. The van der Waals surface area contributed by atoms with Gasteiger partial charge >= 0.3 is 0 Å². The standard InChI is InChI=1S/C14H18N4O2/c1-2-17(10-12-4-3-7-16-12)14-8-11(9-15)5-6-13(14)18(19)20/h5-6,8,12,16H,2-4,7,10H2,1H3. The van der Waals surface area contributed by atoms with E-state index >= 15 is 0 Å². The van der Waals surface area contributed by atoms with Crippen LogP contribution in [0.25, 0.3) is 0 Å². The number of benzene rings is 1. The Morgan fingerprint density at radius 3 is 2.95 bits per heavy atom. The third-order valence-electron chi connectivity index (χ3n) is 3.63. The monoisotopic (exact) mass is 274 g/mol. The topological polar surface area (TPSA) is 82.2 Å². The highest BCUT2D eigenvalue weighted by Gasteiger charge is 2.23. The third kappa shape index (κ3) is 3.06. The maximum Gasteiger partial charge on any atom is 0.292 e. The molecule has 0 amide bonds. The number of nitro groups is 1. The summed E-state index contributed by atoms with van der Waals surface area (Å²) in [5.74, 6) is 0. The molecule has 0 saturated carbocycles. The van der Waals surface area contributed by atoms with Crippen molar-refractivity contribution in [3.05, 3.63) is 33.9 Å². The zero-order chi connectivity index (χ0) is 14.5. The molecular weight excluding hydrogens is 256 g/mol. The molecule has 20 heavy (non-hydrogen) atoms. The van der Waals surface area contributed by atoms with Crippen molar-refractivity contribution in [3.8, 4) is 6.07 Å². The SMILES string of the molecule is CCN(CC1CCCN1)c1cc(C#N)ccc1[N+](=O)[O-]. The molecule has 0 aromatic heterocycles. The molecule has 1 saturated heterocycles. The van der Waals surface area contributed by atoms with Crippen molar-refractivity contribution in [2.45, 2.75) is 25.8 Å². The van der Waals surface area contributed by atoms with Crippen LogP contribution in [0.1, 0.15) is 25.3 Å². The molecule has 0 spiro atoms. The van der Waals surface area contributed by atoms with Crippen LogP contribution in [0.2, 0.25) is 0 Å². The van der Waals surface area contributed by atoms with Gasteiger partial charge in [-0.2, -0.15) is 5.26 Å². The van der Waals surface area contributed by atoms with Crippen molar-refractivity contribution in [1.82, 2.24) is 5.32 Å². The summed E-state index contributed by atoms with van der Waals surface area (Å²) in [4.78, 5) is 12.7. The van der Waals surface area contributed by atoms with E-state index in [0.717, 1.165) is 25.9 Å². The van der Waals surface area contributed by atoms with Crippen LogP contribution in [0.4, 0.5) is 11.4 Å². The molecule has 106 valence electrons. The molecule has 0 bridgehead atoms. The van der Waals surface area contributed by atoms with Crippen molar-refractivity contribution in [3.63, 3.8) is 0 Å². The Hall–Kier alpha value is -2.13. The number of rotatable bonds is 5. The van der Waals surface area contributed by atoms with E-state index in [1.807, 2.05) is 17.9 Å². The van der Waals surface area contributed by atoms with Gasteiger partial charge in [0.1, 0.15) is 5.69 Å². The predicted molar refractivity (Wildman–Crippen MR) is 76.7 cm³/mol. The maximum atomic E-state index is 11.2. The number of nitro benzene ring substituents is 1. The van der Waals surface area contributed by atoms with Gasteiger partial charge in [0.05, 0.1) is 16.6 Å². The third-order valence-corrected chi connectivity index (χ3v) is 3.63. The summed E-state index contributed by atoms with van der Waals surface area (Å²) in [6, 6.07) is 6.91. The van der Waals surface area contributed by atoms with E-state index < -0.39 is 0 Å². The van der Waals surface area contributed by atoms with Gasteiger partial charge in [0.25, 0.3) is 5.69 Å². The Labute approximate surface area is 118 Å². The molecule has 6 nitrogen and oxygen atoms in total. The zero-order valence-electron chi connectivity index (χ0n) is 11.5. The van der Waals surface area contributed by atoms with Crippen LogP contribution >= 0.6 is 0 Å². The Balaban J connectivity index is 2.30. The summed E-state index contributed by atoms with van der Waals surface area (Å²) in [5.41, 5.74) is 1.04. The first-order chi connectivity index (χ1) is 9.65. The largest absolute Gasteiger partial charge is 0.365 e. The minimum absolute atomic E-state index is 0.0591. The van der Waals surface area contributed by atoms with Gasteiger partial charge < -0.3 is 10.2 Å². The highest BCUT2D eigenvalue weighted by molar-refractivity contribution is 5.66. The van der Waals surface area contributed by atoms with E-state index in [9.17, 15) is 10.1 Å². The summed E-state index contributed by atoms with van der Waals surface area (Å²) < 4.78 is 0. The average molecular weight is 274 g/mol. The van der Waals surface area contributed by atoms with Crippen LogP contribution in [0.3, 0.4) is 0 Å². The lowest BCUT2D eigenvalue weighted by Gasteiger charge is -2.26. The molecule has 0 radical (unpaired) electrons. The molecule has 0 aliphatic carbocycles. The summed E-state index contributed by atoms with van der Waals surface area (Å²) in [6.07, 6.45) is 2.23. The molecule has 2 rings (SSSR count). The molecule has 1 aliphatic rings. The molecule has 6 heteroatoms. The molecule has 1 fully saturated rings. The Morgan fingerprint density at radius 2 is 2.40 bits per heavy atom. The minimum Gasteiger partial charge on any atom is -0.365 e. The van der Waals surface area contributed by atoms with Crippen molar-refractivity contribution >= 4 is 11.4 Å². The Morgan fingerprint density at radius 1 is 1.60 bits per heavy atom. The van der Waals surface area contributed by atoms with Crippen molar-refractivity contribution in [2.75, 3.05) is 24.5 Å². The van der Waals surface area contributed by atoms with Crippen molar-refractivity contribution < 1.29 is 4.92 Å². The molecule has 1 unspecified atom stereocenters. The van der Waals surface area contributed by atoms with E-state index in [0.29, 0.717) is 23.8 Å². The fraction of sp³-hybridized carbons (Fsp3) is 0.500. The molecule has 1 aliphatic heterocycles. The molecule has 1 aromatic carbocycles. The van der Waals surface area contributed by atoms with Gasteiger partial charge in [0.15, 0.2) is 0 Å². The molecule has 1 aromatic rings. The molecule has 1 heterocycles. The second-order valence-corrected chi connectivity index (χ2v) is 4.90. The van der Waals surface area contributed by atoms with Gasteiger partial charge in [0, 0.05) is 25.2 Å². The zero-order valence-corrected chi connectivity index (χ0v) is 11.5. The van der Waals surface area contributed by atoms with Gasteiger partial charge in [-0.3, -0.25) is 10.1 Å². The number of hydrogen-bond acceptors (Lipinski definition) is 5. The number of hydrogen-bond donors (Lipinski definition) is 1. The summed E-state index contributed by atoms with van der Waals surface area (Å²) in [5, 5.41) is 23.5. The van der Waals surface area contributed by atoms with Gasteiger partial charge in [-0.15, -0.1) is 0 Å². The quantitative estimate of drug-likeness (QED) is 0.656. The summed E-state index contributed by atoms with van der Waals surface area (Å²) in [7, 11) is 0. The van der Waals surface area contributed by atoms with Gasteiger partial charge in [0.2, 0.25) is 0 Å². The lowest BCUT2D eigenvalue weighted by atomic mass is 10.1. The second-order valence-electron chi connectivity index (χ2n) is 4.90. The molecular formula is C14H18N4O2. The first kappa shape index (κ1) is 14.3. The van der Waals surface area contributed by atoms with E-state index in [1.165, 1.54) is 12.1 Å². The Bertz CT molecular complexity index is 532. The van der Waals surface area contributed by atoms with Crippen LogP contribution in [0, 0.1) is 21.4 Å². The fourth-order valence-corrected chi connectivity index (χ4v) is 2.58. The number of nitrogens with one attached hydrogen (secondary N) is 1. The van der Waals surface area contributed by atoms with E-state index in [4.69, 9.17) is 5.26 Å². The van der Waals surface area contributed by atoms with Crippen molar-refractivity contribution in [1.29, 1.82) is 5.26 Å². The van der Waals surface area contributed by atoms with Crippen molar-refractivity contribution in [2.24, 2.45) is 0 Å². The number of anilines is 1. The maximum absolute atomic E-state index is 11.2. The van der Waals surface area contributed by atoms with Crippen LogP contribution in [-0.4, -0.2) is 30.6 Å². The highest BCUT2D eigenvalue weighted by Crippen LogP contribution is 2.29. The van der Waals surface area contributed by atoms with E-state index in [2.05, 4.69) is 5.32 Å². The first-order valence-corrected chi connectivity index (χ1v) is 6.82. The van der Waals surface area contributed by atoms with Gasteiger partial charge in [-0.05, 0) is 38.4 Å². The summed E-state index contributed by atoms with van der Waals surface area (Å²) in [6.45, 7) is 4.38. The van der Waals surface area contributed by atoms with E-state index in [-0.39, 0.29) is 10.6 Å². The highest BCUT2D eigenvalue weighted by atomic mass is 16.6. The molecule has 1 N–H and O–H groups in total. The van der Waals surface area contributed by atoms with Crippen LogP contribution in [0.15, 0.2) is 18.2 Å². The van der Waals surface area contributed by atoms with Gasteiger partial charge in [-0.1, -0.05) is 0 Å². The number of nitriles is 1. The second kappa shape index (κ2) is 6.35.